The van der Waals surface area contributed by atoms with E-state index in [-0.39, 0.29) is 26.9 Å². The highest BCUT2D eigenvalue weighted by Gasteiger charge is 2.20. The number of rotatable bonds is 10. The summed E-state index contributed by atoms with van der Waals surface area (Å²) in [7, 11) is -5.18. The number of nitrogens with one attached hydrogen (secondary N) is 3. The number of carbonyl (C=O) groups excluding carboxylic acids is 1. The number of carbonyl (C=O) groups is 1. The van der Waals surface area contributed by atoms with Crippen molar-refractivity contribution in [3.63, 3.8) is 0 Å². The van der Waals surface area contributed by atoms with Gasteiger partial charge in [-0.1, -0.05) is 30.3 Å². The maximum absolute atomic E-state index is 12.9. The maximum Gasteiger partial charge on any atom is 0.262 e. The molecule has 0 aliphatic rings. The summed E-state index contributed by atoms with van der Waals surface area (Å²) in [6, 6.07) is 18.0. The van der Waals surface area contributed by atoms with Crippen molar-refractivity contribution < 1.29 is 31.1 Å². The third-order valence-corrected chi connectivity index (χ3v) is 7.36. The summed E-state index contributed by atoms with van der Waals surface area (Å²) in [5.41, 5.74) is 0.288. The van der Waals surface area contributed by atoms with Gasteiger partial charge in [0.15, 0.2) is 0 Å². The standard InChI is InChI=1S/C22H23N3O7S2/c1-31-20-11-7-6-10-18(20)25-34(29,30)17-12-13-21(32-2)19(14-17)24-22(26)15-23-33(27,28)16-8-4-3-5-9-16/h3-14,23,25H,15H2,1-2H3,(H,24,26). The molecule has 0 fully saturated rings. The van der Waals surface area contributed by atoms with Gasteiger partial charge in [-0.3, -0.25) is 9.52 Å². The molecule has 0 aliphatic carbocycles. The average molecular weight is 506 g/mol. The lowest BCUT2D eigenvalue weighted by molar-refractivity contribution is -0.115. The van der Waals surface area contributed by atoms with Gasteiger partial charge in [-0.25, -0.2) is 21.6 Å². The normalized spacial score (nSPS) is 11.5. The number of anilines is 2. The zero-order chi connectivity index (χ0) is 24.8. The Balaban J connectivity index is 1.78. The second-order valence-electron chi connectivity index (χ2n) is 6.85. The number of methoxy groups -OCH3 is 2. The third-order valence-electron chi connectivity index (χ3n) is 4.58. The van der Waals surface area contributed by atoms with Crippen molar-refractivity contribution in [1.29, 1.82) is 0 Å². The molecule has 10 nitrogen and oxygen atoms in total. The van der Waals surface area contributed by atoms with Crippen LogP contribution in [0.2, 0.25) is 0 Å². The maximum atomic E-state index is 12.9. The highest BCUT2D eigenvalue weighted by molar-refractivity contribution is 7.92. The smallest absolute Gasteiger partial charge is 0.262 e. The van der Waals surface area contributed by atoms with Gasteiger partial charge in [0.1, 0.15) is 11.5 Å². The molecule has 1 amide bonds. The lowest BCUT2D eigenvalue weighted by atomic mass is 10.3. The number of sulfonamides is 2. The van der Waals surface area contributed by atoms with Crippen LogP contribution < -0.4 is 24.2 Å². The van der Waals surface area contributed by atoms with Crippen molar-refractivity contribution in [1.82, 2.24) is 4.72 Å². The first-order valence-corrected chi connectivity index (χ1v) is 12.8. The van der Waals surface area contributed by atoms with Gasteiger partial charge in [-0.05, 0) is 42.5 Å². The Morgan fingerprint density at radius 3 is 2.03 bits per heavy atom. The summed E-state index contributed by atoms with van der Waals surface area (Å²) in [5.74, 6) is -0.195. The van der Waals surface area contributed by atoms with Crippen LogP contribution in [0.25, 0.3) is 0 Å². The lowest BCUT2D eigenvalue weighted by Crippen LogP contribution is -2.33. The summed E-state index contributed by atoms with van der Waals surface area (Å²) < 4.78 is 65.4. The van der Waals surface area contributed by atoms with Gasteiger partial charge in [0, 0.05) is 0 Å². The van der Waals surface area contributed by atoms with Gasteiger partial charge in [0.2, 0.25) is 15.9 Å². The first kappa shape index (κ1) is 25.0. The SMILES string of the molecule is COc1ccc(S(=O)(=O)Nc2ccccc2OC)cc1NC(=O)CNS(=O)(=O)c1ccccc1. The van der Waals surface area contributed by atoms with Crippen molar-refractivity contribution >= 4 is 37.3 Å². The molecule has 3 aromatic rings. The van der Waals surface area contributed by atoms with E-state index in [2.05, 4.69) is 14.8 Å². The molecule has 34 heavy (non-hydrogen) atoms. The van der Waals surface area contributed by atoms with Crippen LogP contribution >= 0.6 is 0 Å². The van der Waals surface area contributed by atoms with E-state index in [1.165, 1.54) is 44.6 Å². The molecule has 0 heterocycles. The fraction of sp³-hybridized carbons (Fsp3) is 0.136. The molecular formula is C22H23N3O7S2. The fourth-order valence-electron chi connectivity index (χ4n) is 2.92. The fourth-order valence-corrected chi connectivity index (χ4v) is 5.02. The van der Waals surface area contributed by atoms with Gasteiger partial charge < -0.3 is 14.8 Å². The summed E-state index contributed by atoms with van der Waals surface area (Å²) in [6.07, 6.45) is 0. The molecule has 3 N–H and O–H groups in total. The lowest BCUT2D eigenvalue weighted by Gasteiger charge is -2.15. The van der Waals surface area contributed by atoms with Crippen LogP contribution in [-0.2, 0) is 24.8 Å². The Hall–Kier alpha value is -3.61. The van der Waals surface area contributed by atoms with Crippen LogP contribution in [0.3, 0.4) is 0 Å². The molecule has 0 saturated heterocycles. The molecule has 3 rings (SSSR count). The largest absolute Gasteiger partial charge is 0.495 e. The quantitative estimate of drug-likeness (QED) is 0.384. The second-order valence-corrected chi connectivity index (χ2v) is 10.3. The van der Waals surface area contributed by atoms with Crippen LogP contribution in [-0.4, -0.2) is 43.5 Å². The Morgan fingerprint density at radius 2 is 1.35 bits per heavy atom. The summed E-state index contributed by atoms with van der Waals surface area (Å²) in [5, 5.41) is 2.48. The number of hydrogen-bond acceptors (Lipinski definition) is 7. The van der Waals surface area contributed by atoms with Gasteiger partial charge >= 0.3 is 0 Å². The second kappa shape index (κ2) is 10.5. The van der Waals surface area contributed by atoms with Gasteiger partial charge in [-0.15, -0.1) is 0 Å². The number of hydrogen-bond donors (Lipinski definition) is 3. The van der Waals surface area contributed by atoms with E-state index in [1.807, 2.05) is 0 Å². The van der Waals surface area contributed by atoms with Crippen LogP contribution in [0.1, 0.15) is 0 Å². The van der Waals surface area contributed by atoms with E-state index in [4.69, 9.17) is 9.47 Å². The predicted octanol–water partition coefficient (Wildman–Crippen LogP) is 2.42. The monoisotopic (exact) mass is 505 g/mol. The topological polar surface area (TPSA) is 140 Å². The molecule has 0 atom stereocenters. The third kappa shape index (κ3) is 6.04. The van der Waals surface area contributed by atoms with Crippen molar-refractivity contribution in [3.8, 4) is 11.5 Å². The minimum Gasteiger partial charge on any atom is -0.495 e. The predicted molar refractivity (Wildman–Crippen MR) is 127 cm³/mol. The first-order valence-electron chi connectivity index (χ1n) is 9.85. The van der Waals surface area contributed by atoms with Crippen molar-refractivity contribution in [2.24, 2.45) is 0 Å². The Morgan fingerprint density at radius 1 is 0.735 bits per heavy atom. The van der Waals surface area contributed by atoms with E-state index < -0.39 is 32.5 Å². The average Bonchev–Trinajstić information content (AvgIpc) is 2.83. The van der Waals surface area contributed by atoms with Crippen molar-refractivity contribution in [2.45, 2.75) is 9.79 Å². The molecule has 12 heteroatoms. The Labute approximate surface area is 198 Å². The molecular weight excluding hydrogens is 482 g/mol. The van der Waals surface area contributed by atoms with E-state index in [1.54, 1.807) is 42.5 Å². The highest BCUT2D eigenvalue weighted by atomic mass is 32.2. The molecule has 0 unspecified atom stereocenters. The van der Waals surface area contributed by atoms with Crippen LogP contribution in [0.15, 0.2) is 82.6 Å². The van der Waals surface area contributed by atoms with Crippen molar-refractivity contribution in [2.75, 3.05) is 30.8 Å². The Bertz CT molecular complexity index is 1380. The van der Waals surface area contributed by atoms with Gasteiger partial charge in [0.05, 0.1) is 41.9 Å². The van der Waals surface area contributed by atoms with E-state index in [9.17, 15) is 21.6 Å². The summed E-state index contributed by atoms with van der Waals surface area (Å²) >= 11 is 0. The van der Waals surface area contributed by atoms with Crippen LogP contribution in [0.5, 0.6) is 11.5 Å². The molecule has 0 aliphatic heterocycles. The molecule has 0 radical (unpaired) electrons. The molecule has 0 bridgehead atoms. The molecule has 0 spiro atoms. The summed E-state index contributed by atoms with van der Waals surface area (Å²) in [6.45, 7) is -0.573. The zero-order valence-corrected chi connectivity index (χ0v) is 19.9. The highest BCUT2D eigenvalue weighted by Crippen LogP contribution is 2.30. The molecule has 0 aromatic heterocycles. The minimum absolute atomic E-state index is 0.0101. The van der Waals surface area contributed by atoms with E-state index in [0.29, 0.717) is 5.75 Å². The number of benzene rings is 3. The first-order chi connectivity index (χ1) is 16.2. The Kier molecular flexibility index (Phi) is 7.76. The van der Waals surface area contributed by atoms with Gasteiger partial charge in [-0.2, -0.15) is 0 Å². The molecule has 180 valence electrons. The van der Waals surface area contributed by atoms with E-state index >= 15 is 0 Å². The van der Waals surface area contributed by atoms with Gasteiger partial charge in [0.25, 0.3) is 10.0 Å². The zero-order valence-electron chi connectivity index (χ0n) is 18.3. The minimum atomic E-state index is -4.05. The molecule has 3 aromatic carbocycles. The van der Waals surface area contributed by atoms with E-state index in [0.717, 1.165) is 0 Å². The number of amides is 1. The number of para-hydroxylation sites is 2. The number of ether oxygens (including phenoxy) is 2. The molecule has 0 saturated carbocycles. The van der Waals surface area contributed by atoms with Crippen LogP contribution in [0.4, 0.5) is 11.4 Å². The summed E-state index contributed by atoms with van der Waals surface area (Å²) in [4.78, 5) is 12.3. The van der Waals surface area contributed by atoms with Crippen molar-refractivity contribution in [3.05, 3.63) is 72.8 Å². The van der Waals surface area contributed by atoms with Crippen LogP contribution in [0, 0.1) is 0 Å².